The van der Waals surface area contributed by atoms with Crippen LogP contribution >= 0.6 is 0 Å². The summed E-state index contributed by atoms with van der Waals surface area (Å²) in [7, 11) is 0. The first-order valence-corrected chi connectivity index (χ1v) is 9.32. The van der Waals surface area contributed by atoms with Crippen molar-refractivity contribution in [2.24, 2.45) is 0 Å². The van der Waals surface area contributed by atoms with Crippen LogP contribution in [0.3, 0.4) is 0 Å². The van der Waals surface area contributed by atoms with Crippen LogP contribution in [0.4, 0.5) is 4.79 Å². The van der Waals surface area contributed by atoms with E-state index >= 15 is 0 Å². The standard InChI is InChI=1S/C20H26N4O4/c1-20(2,3)27-19(26)22-10-12-23-11-9-21-17(23)16-13-24(14-16)28-18(25)15-7-5-4-6-8-15/h4-9,11,16H,10,12-14H2,1-3H3,(H,22,26). The summed E-state index contributed by atoms with van der Waals surface area (Å²) in [5.41, 5.74) is 0.0114. The molecule has 0 spiro atoms. The number of aromatic nitrogens is 2. The summed E-state index contributed by atoms with van der Waals surface area (Å²) in [6, 6.07) is 8.91. The van der Waals surface area contributed by atoms with E-state index in [1.54, 1.807) is 35.5 Å². The Morgan fingerprint density at radius 2 is 1.93 bits per heavy atom. The minimum Gasteiger partial charge on any atom is -0.444 e. The maximum absolute atomic E-state index is 12.1. The number of imidazole rings is 1. The molecule has 0 bridgehead atoms. The highest BCUT2D eigenvalue weighted by atomic mass is 16.7. The molecule has 8 nitrogen and oxygen atoms in total. The molecular formula is C20H26N4O4. The molecule has 0 atom stereocenters. The SMILES string of the molecule is CC(C)(C)OC(=O)NCCn1ccnc1C1CN(OC(=O)c2ccccc2)C1. The third kappa shape index (κ3) is 5.32. The topological polar surface area (TPSA) is 85.7 Å². The van der Waals surface area contributed by atoms with Crippen molar-refractivity contribution in [2.45, 2.75) is 38.8 Å². The van der Waals surface area contributed by atoms with Gasteiger partial charge in [-0.15, -0.1) is 5.06 Å². The number of amides is 1. The zero-order valence-corrected chi connectivity index (χ0v) is 16.4. The van der Waals surface area contributed by atoms with E-state index in [2.05, 4.69) is 10.3 Å². The normalized spacial score (nSPS) is 15.0. The average Bonchev–Trinajstić information content (AvgIpc) is 3.04. The number of carbonyl (C=O) groups is 2. The van der Waals surface area contributed by atoms with Crippen LogP contribution in [0.1, 0.15) is 42.9 Å². The van der Waals surface area contributed by atoms with Crippen molar-refractivity contribution in [1.82, 2.24) is 19.9 Å². The van der Waals surface area contributed by atoms with Crippen LogP contribution in [0.5, 0.6) is 0 Å². The van der Waals surface area contributed by atoms with Gasteiger partial charge in [0.1, 0.15) is 11.4 Å². The van der Waals surface area contributed by atoms with Crippen LogP contribution < -0.4 is 5.32 Å². The second-order valence-electron chi connectivity index (χ2n) is 7.70. The van der Waals surface area contributed by atoms with Crippen molar-refractivity contribution < 1.29 is 19.2 Å². The number of nitrogens with zero attached hydrogens (tertiary/aromatic N) is 3. The van der Waals surface area contributed by atoms with Crippen LogP contribution in [-0.2, 0) is 16.1 Å². The molecule has 3 rings (SSSR count). The molecule has 0 unspecified atom stereocenters. The lowest BCUT2D eigenvalue weighted by Crippen LogP contribution is -2.47. The predicted molar refractivity (Wildman–Crippen MR) is 103 cm³/mol. The summed E-state index contributed by atoms with van der Waals surface area (Å²) in [6.45, 7) is 7.70. The van der Waals surface area contributed by atoms with Crippen molar-refractivity contribution in [2.75, 3.05) is 19.6 Å². The van der Waals surface area contributed by atoms with Gasteiger partial charge in [0.15, 0.2) is 0 Å². The van der Waals surface area contributed by atoms with Crippen LogP contribution in [-0.4, -0.2) is 51.9 Å². The maximum Gasteiger partial charge on any atom is 0.407 e. The maximum atomic E-state index is 12.1. The predicted octanol–water partition coefficient (Wildman–Crippen LogP) is 2.58. The smallest absolute Gasteiger partial charge is 0.407 e. The Morgan fingerprint density at radius 3 is 2.61 bits per heavy atom. The van der Waals surface area contributed by atoms with Crippen LogP contribution in [0.15, 0.2) is 42.7 Å². The van der Waals surface area contributed by atoms with Crippen molar-refractivity contribution in [3.05, 3.63) is 54.1 Å². The fourth-order valence-corrected chi connectivity index (χ4v) is 2.88. The third-order valence-electron chi connectivity index (χ3n) is 4.20. The molecule has 1 amide bonds. The molecule has 1 saturated heterocycles. The first kappa shape index (κ1) is 19.9. The molecule has 0 saturated carbocycles. The lowest BCUT2D eigenvalue weighted by molar-refractivity contribution is -0.159. The zero-order chi connectivity index (χ0) is 20.1. The minimum absolute atomic E-state index is 0.181. The number of hydrogen-bond donors (Lipinski definition) is 1. The molecule has 2 aromatic rings. The molecular weight excluding hydrogens is 360 g/mol. The molecule has 1 aromatic heterocycles. The first-order valence-electron chi connectivity index (χ1n) is 9.32. The number of hydroxylamine groups is 2. The van der Waals surface area contributed by atoms with E-state index in [1.807, 2.05) is 37.6 Å². The summed E-state index contributed by atoms with van der Waals surface area (Å²) in [5.74, 6) is 0.738. The van der Waals surface area contributed by atoms with Gasteiger partial charge in [0, 0.05) is 44.5 Å². The Balaban J connectivity index is 1.44. The van der Waals surface area contributed by atoms with Crippen LogP contribution in [0.2, 0.25) is 0 Å². The molecule has 1 aliphatic heterocycles. The van der Waals surface area contributed by atoms with E-state index in [9.17, 15) is 9.59 Å². The molecule has 8 heteroatoms. The van der Waals surface area contributed by atoms with Gasteiger partial charge in [-0.1, -0.05) is 18.2 Å². The van der Waals surface area contributed by atoms with Gasteiger partial charge in [0.25, 0.3) is 0 Å². The number of carbonyl (C=O) groups excluding carboxylic acids is 2. The largest absolute Gasteiger partial charge is 0.444 e. The highest BCUT2D eigenvalue weighted by molar-refractivity contribution is 5.89. The molecule has 0 aliphatic carbocycles. The zero-order valence-electron chi connectivity index (χ0n) is 16.4. The third-order valence-corrected chi connectivity index (χ3v) is 4.20. The number of nitrogens with one attached hydrogen (secondary N) is 1. The molecule has 150 valence electrons. The van der Waals surface area contributed by atoms with E-state index in [0.717, 1.165) is 5.82 Å². The molecule has 1 fully saturated rings. The number of ether oxygens (including phenoxy) is 1. The van der Waals surface area contributed by atoms with Crippen molar-refractivity contribution in [3.8, 4) is 0 Å². The molecule has 1 aliphatic rings. The monoisotopic (exact) mass is 386 g/mol. The number of hydrogen-bond acceptors (Lipinski definition) is 6. The quantitative estimate of drug-likeness (QED) is 0.821. The molecule has 1 N–H and O–H groups in total. The summed E-state index contributed by atoms with van der Waals surface area (Å²) >= 11 is 0. The Labute approximate surface area is 164 Å². The van der Waals surface area contributed by atoms with Crippen molar-refractivity contribution >= 4 is 12.1 Å². The van der Waals surface area contributed by atoms with Gasteiger partial charge in [-0.05, 0) is 32.9 Å². The van der Waals surface area contributed by atoms with Crippen LogP contribution in [0, 0.1) is 0 Å². The number of benzene rings is 1. The van der Waals surface area contributed by atoms with E-state index in [1.165, 1.54) is 0 Å². The number of rotatable bonds is 6. The van der Waals surface area contributed by atoms with Gasteiger partial charge in [-0.3, -0.25) is 0 Å². The lowest BCUT2D eigenvalue weighted by Gasteiger charge is -2.36. The first-order chi connectivity index (χ1) is 13.3. The Kier molecular flexibility index (Phi) is 5.99. The highest BCUT2D eigenvalue weighted by Crippen LogP contribution is 2.26. The average molecular weight is 386 g/mol. The van der Waals surface area contributed by atoms with Crippen molar-refractivity contribution in [3.63, 3.8) is 0 Å². The fourth-order valence-electron chi connectivity index (χ4n) is 2.88. The summed E-state index contributed by atoms with van der Waals surface area (Å²) in [6.07, 6.45) is 3.18. The minimum atomic E-state index is -0.517. The number of alkyl carbamates (subject to hydrolysis) is 1. The van der Waals surface area contributed by atoms with Crippen molar-refractivity contribution in [1.29, 1.82) is 0 Å². The van der Waals surface area contributed by atoms with E-state index in [4.69, 9.17) is 9.57 Å². The summed E-state index contributed by atoms with van der Waals surface area (Å²) < 4.78 is 7.22. The van der Waals surface area contributed by atoms with E-state index in [0.29, 0.717) is 31.7 Å². The molecule has 2 heterocycles. The highest BCUT2D eigenvalue weighted by Gasteiger charge is 2.34. The Morgan fingerprint density at radius 1 is 1.21 bits per heavy atom. The van der Waals surface area contributed by atoms with Gasteiger partial charge in [-0.2, -0.15) is 0 Å². The summed E-state index contributed by atoms with van der Waals surface area (Å²) in [4.78, 5) is 33.6. The van der Waals surface area contributed by atoms with Gasteiger partial charge in [0.2, 0.25) is 0 Å². The van der Waals surface area contributed by atoms with E-state index in [-0.39, 0.29) is 11.9 Å². The Bertz CT molecular complexity index is 807. The van der Waals surface area contributed by atoms with Crippen LogP contribution in [0.25, 0.3) is 0 Å². The van der Waals surface area contributed by atoms with Gasteiger partial charge >= 0.3 is 12.1 Å². The second kappa shape index (κ2) is 8.43. The molecule has 28 heavy (non-hydrogen) atoms. The molecule has 0 radical (unpaired) electrons. The lowest BCUT2D eigenvalue weighted by atomic mass is 10.0. The van der Waals surface area contributed by atoms with Gasteiger partial charge in [-0.25, -0.2) is 14.6 Å². The fraction of sp³-hybridized carbons (Fsp3) is 0.450. The Hall–Kier alpha value is -2.87. The van der Waals surface area contributed by atoms with Gasteiger partial charge in [0.05, 0.1) is 5.56 Å². The summed E-state index contributed by atoms with van der Waals surface area (Å²) in [5, 5.41) is 4.38. The van der Waals surface area contributed by atoms with Gasteiger partial charge < -0.3 is 19.5 Å². The second-order valence-corrected chi connectivity index (χ2v) is 7.70. The molecule has 1 aromatic carbocycles. The van der Waals surface area contributed by atoms with E-state index < -0.39 is 11.7 Å².